The summed E-state index contributed by atoms with van der Waals surface area (Å²) < 4.78 is 5.09. The van der Waals surface area contributed by atoms with Crippen molar-refractivity contribution >= 4 is 11.9 Å². The Morgan fingerprint density at radius 3 is 2.20 bits per heavy atom. The molecule has 0 aromatic carbocycles. The Kier molecular flexibility index (Phi) is 3.28. The minimum Gasteiger partial charge on any atom is -0.475 e. The molecule has 2 fully saturated rings. The number of likely N-dealkylation sites (tertiary alicyclic amines) is 1. The zero-order chi connectivity index (χ0) is 14.2. The molecule has 1 aliphatic carbocycles. The van der Waals surface area contributed by atoms with Gasteiger partial charge in [-0.25, -0.2) is 4.79 Å². The van der Waals surface area contributed by atoms with Crippen molar-refractivity contribution in [3.63, 3.8) is 0 Å². The van der Waals surface area contributed by atoms with Crippen LogP contribution in [0.1, 0.15) is 59.6 Å². The van der Waals surface area contributed by atoms with Crippen LogP contribution in [0.15, 0.2) is 16.5 Å². The number of carboxylic acid groups (broad SMARTS) is 1. The van der Waals surface area contributed by atoms with Gasteiger partial charge in [0.25, 0.3) is 5.91 Å². The zero-order valence-corrected chi connectivity index (χ0v) is 11.4. The van der Waals surface area contributed by atoms with E-state index in [4.69, 9.17) is 9.52 Å². The predicted octanol–water partition coefficient (Wildman–Crippen LogP) is 2.77. The number of carbonyl (C=O) groups is 2. The van der Waals surface area contributed by atoms with E-state index < -0.39 is 5.97 Å². The van der Waals surface area contributed by atoms with Crippen LogP contribution < -0.4 is 0 Å². The largest absolute Gasteiger partial charge is 0.475 e. The molecule has 20 heavy (non-hydrogen) atoms. The molecule has 0 atom stereocenters. The molecule has 1 N–H and O–H groups in total. The molecule has 1 saturated heterocycles. The first kappa shape index (κ1) is 13.2. The van der Waals surface area contributed by atoms with Crippen LogP contribution >= 0.6 is 0 Å². The molecule has 5 heteroatoms. The van der Waals surface area contributed by atoms with Gasteiger partial charge < -0.3 is 14.4 Å². The van der Waals surface area contributed by atoms with Crippen LogP contribution in [-0.2, 0) is 0 Å². The average Bonchev–Trinajstić information content (AvgIpc) is 3.08. The van der Waals surface area contributed by atoms with Gasteiger partial charge in [-0.2, -0.15) is 0 Å². The third-order valence-electron chi connectivity index (χ3n) is 4.80. The molecule has 3 rings (SSSR count). The Morgan fingerprint density at radius 2 is 1.65 bits per heavy atom. The number of carboxylic acids is 1. The van der Waals surface area contributed by atoms with Crippen molar-refractivity contribution in [2.45, 2.75) is 38.5 Å². The molecular formula is C15H19NO4. The number of hydrogen-bond acceptors (Lipinski definition) is 3. The number of rotatable bonds is 2. The van der Waals surface area contributed by atoms with Gasteiger partial charge in [0.1, 0.15) is 0 Å². The highest BCUT2D eigenvalue weighted by Gasteiger charge is 2.38. The number of piperidine rings is 1. The average molecular weight is 277 g/mol. The number of hydrogen-bond donors (Lipinski definition) is 1. The molecular weight excluding hydrogens is 258 g/mol. The molecule has 1 aromatic rings. The van der Waals surface area contributed by atoms with E-state index in [-0.39, 0.29) is 17.4 Å². The van der Waals surface area contributed by atoms with Gasteiger partial charge in [0, 0.05) is 13.1 Å². The topological polar surface area (TPSA) is 70.8 Å². The Labute approximate surface area is 117 Å². The second-order valence-corrected chi connectivity index (χ2v) is 5.97. The minimum absolute atomic E-state index is 0.129. The Bertz CT molecular complexity index is 518. The second-order valence-electron chi connectivity index (χ2n) is 5.97. The second kappa shape index (κ2) is 4.96. The van der Waals surface area contributed by atoms with Crippen molar-refractivity contribution in [3.05, 3.63) is 23.7 Å². The van der Waals surface area contributed by atoms with Gasteiger partial charge in [-0.1, -0.05) is 12.8 Å². The van der Waals surface area contributed by atoms with E-state index in [0.29, 0.717) is 5.41 Å². The molecule has 1 spiro atoms. The summed E-state index contributed by atoms with van der Waals surface area (Å²) in [6.07, 6.45) is 7.33. The van der Waals surface area contributed by atoms with E-state index in [9.17, 15) is 9.59 Å². The maximum atomic E-state index is 12.3. The van der Waals surface area contributed by atoms with Crippen molar-refractivity contribution in [3.8, 4) is 0 Å². The van der Waals surface area contributed by atoms with Crippen LogP contribution in [0, 0.1) is 5.41 Å². The van der Waals surface area contributed by atoms with E-state index in [1.807, 2.05) is 0 Å². The van der Waals surface area contributed by atoms with E-state index in [2.05, 4.69) is 0 Å². The minimum atomic E-state index is -1.15. The van der Waals surface area contributed by atoms with E-state index in [0.717, 1.165) is 25.9 Å². The van der Waals surface area contributed by atoms with Crippen molar-refractivity contribution in [2.75, 3.05) is 13.1 Å². The summed E-state index contributed by atoms with van der Waals surface area (Å²) >= 11 is 0. The Morgan fingerprint density at radius 1 is 1.05 bits per heavy atom. The molecule has 0 bridgehead atoms. The van der Waals surface area contributed by atoms with Gasteiger partial charge in [-0.05, 0) is 43.2 Å². The molecule has 1 saturated carbocycles. The molecule has 5 nitrogen and oxygen atoms in total. The van der Waals surface area contributed by atoms with Gasteiger partial charge in [-0.15, -0.1) is 0 Å². The monoisotopic (exact) mass is 277 g/mol. The van der Waals surface area contributed by atoms with Crippen molar-refractivity contribution < 1.29 is 19.1 Å². The number of carbonyl (C=O) groups excluding carboxylic acids is 1. The first-order valence-corrected chi connectivity index (χ1v) is 7.22. The van der Waals surface area contributed by atoms with Gasteiger partial charge in [0.15, 0.2) is 5.76 Å². The number of aromatic carboxylic acids is 1. The van der Waals surface area contributed by atoms with Gasteiger partial charge in [0.05, 0.1) is 0 Å². The fourth-order valence-corrected chi connectivity index (χ4v) is 3.53. The molecule has 1 aliphatic heterocycles. The Hall–Kier alpha value is -1.78. The van der Waals surface area contributed by atoms with Gasteiger partial charge in [0.2, 0.25) is 5.76 Å². The molecule has 1 aromatic heterocycles. The first-order valence-electron chi connectivity index (χ1n) is 7.22. The van der Waals surface area contributed by atoms with E-state index in [1.54, 1.807) is 4.90 Å². The van der Waals surface area contributed by atoms with Crippen molar-refractivity contribution in [1.82, 2.24) is 4.90 Å². The lowest BCUT2D eigenvalue weighted by Crippen LogP contribution is -2.42. The molecule has 0 unspecified atom stereocenters. The fraction of sp³-hybridized carbons (Fsp3) is 0.600. The van der Waals surface area contributed by atoms with E-state index in [1.165, 1.54) is 37.8 Å². The third kappa shape index (κ3) is 2.32. The van der Waals surface area contributed by atoms with Crippen LogP contribution in [0.25, 0.3) is 0 Å². The maximum Gasteiger partial charge on any atom is 0.371 e. The zero-order valence-electron chi connectivity index (χ0n) is 11.4. The highest BCUT2D eigenvalue weighted by molar-refractivity contribution is 5.93. The van der Waals surface area contributed by atoms with E-state index >= 15 is 0 Å². The quantitative estimate of drug-likeness (QED) is 0.902. The van der Waals surface area contributed by atoms with Crippen molar-refractivity contribution in [2.24, 2.45) is 5.41 Å². The lowest BCUT2D eigenvalue weighted by Gasteiger charge is -2.39. The predicted molar refractivity (Wildman–Crippen MR) is 71.7 cm³/mol. The first-order chi connectivity index (χ1) is 9.60. The highest BCUT2D eigenvalue weighted by atomic mass is 16.4. The molecule has 2 aliphatic rings. The summed E-state index contributed by atoms with van der Waals surface area (Å²) in [6.45, 7) is 1.50. The fourth-order valence-electron chi connectivity index (χ4n) is 3.53. The SMILES string of the molecule is O=C(O)c1ccc(C(=O)N2CCC3(CCCC3)CC2)o1. The summed E-state index contributed by atoms with van der Waals surface area (Å²) in [7, 11) is 0. The lowest BCUT2D eigenvalue weighted by molar-refractivity contribution is 0.0550. The standard InChI is InChI=1S/C15H19NO4/c17-13(11-3-4-12(20-11)14(18)19)16-9-7-15(8-10-16)5-1-2-6-15/h3-4H,1-2,5-10H2,(H,18,19). The number of furan rings is 1. The molecule has 0 radical (unpaired) electrons. The lowest BCUT2D eigenvalue weighted by atomic mass is 9.77. The summed E-state index contributed by atoms with van der Waals surface area (Å²) in [5.74, 6) is -1.39. The maximum absolute atomic E-state index is 12.3. The van der Waals surface area contributed by atoms with Crippen LogP contribution in [0.3, 0.4) is 0 Å². The summed E-state index contributed by atoms with van der Waals surface area (Å²) in [5.41, 5.74) is 0.464. The molecule has 2 heterocycles. The van der Waals surface area contributed by atoms with Gasteiger partial charge in [-0.3, -0.25) is 4.79 Å². The summed E-state index contributed by atoms with van der Waals surface area (Å²) in [4.78, 5) is 24.8. The normalized spacial score (nSPS) is 21.3. The van der Waals surface area contributed by atoms with Gasteiger partial charge >= 0.3 is 5.97 Å². The smallest absolute Gasteiger partial charge is 0.371 e. The van der Waals surface area contributed by atoms with Crippen LogP contribution in [0.2, 0.25) is 0 Å². The Balaban J connectivity index is 1.65. The van der Waals surface area contributed by atoms with Crippen LogP contribution in [0.5, 0.6) is 0 Å². The van der Waals surface area contributed by atoms with Crippen LogP contribution in [0.4, 0.5) is 0 Å². The molecule has 1 amide bonds. The third-order valence-corrected chi connectivity index (χ3v) is 4.80. The van der Waals surface area contributed by atoms with Crippen molar-refractivity contribution in [1.29, 1.82) is 0 Å². The summed E-state index contributed by atoms with van der Waals surface area (Å²) in [5, 5.41) is 8.81. The summed E-state index contributed by atoms with van der Waals surface area (Å²) in [6, 6.07) is 2.78. The number of nitrogens with zero attached hydrogens (tertiary/aromatic N) is 1. The highest BCUT2D eigenvalue weighted by Crippen LogP contribution is 2.46. The molecule has 108 valence electrons. The number of amides is 1. The van der Waals surface area contributed by atoms with Crippen LogP contribution in [-0.4, -0.2) is 35.0 Å².